The number of aromatic amines is 3. The molecule has 278 valence electrons. The molecule has 9 heteroatoms. The standard InChI is InChI=1S/C44H51N3O6/c1-9-31-32(10-2)34(24-36-40(38(12-4)53-28(8)49)26(6)42(47-36)44(51)30-21-17-14-18-22-30)45-33(31)23-35-39(37(11-3)52-27(7)48)25(5)41(46-35)43(50)29-19-15-13-16-20-29/h13-22,37-38,45-47H,9-12,23-24H2,1-8H3. The summed E-state index contributed by atoms with van der Waals surface area (Å²) in [6, 6.07) is 18.3. The van der Waals surface area contributed by atoms with Crippen molar-refractivity contribution in [3.8, 4) is 0 Å². The lowest BCUT2D eigenvalue weighted by Crippen LogP contribution is -2.11. The van der Waals surface area contributed by atoms with Crippen LogP contribution in [0, 0.1) is 13.8 Å². The highest BCUT2D eigenvalue weighted by molar-refractivity contribution is 6.09. The zero-order valence-corrected chi connectivity index (χ0v) is 32.1. The van der Waals surface area contributed by atoms with E-state index >= 15 is 0 Å². The number of hydrogen-bond acceptors (Lipinski definition) is 6. The SMILES string of the molecule is CCc1c(Cc2[nH]c(C(=O)c3ccccc3)c(C)c2C(CC)OC(C)=O)[nH]c(Cc2[nH]c(C(=O)c3ccccc3)c(C)c2C(CC)OC(C)=O)c1CC. The van der Waals surface area contributed by atoms with Gasteiger partial charge in [0.15, 0.2) is 0 Å². The molecule has 3 N–H and O–H groups in total. The van der Waals surface area contributed by atoms with E-state index in [1.165, 1.54) is 25.0 Å². The molecule has 0 spiro atoms. The molecule has 3 aromatic heterocycles. The molecule has 0 aliphatic rings. The fourth-order valence-corrected chi connectivity index (χ4v) is 7.72. The van der Waals surface area contributed by atoms with Crippen molar-refractivity contribution in [2.45, 2.75) is 106 Å². The first-order valence-corrected chi connectivity index (χ1v) is 18.6. The summed E-state index contributed by atoms with van der Waals surface area (Å²) in [7, 11) is 0. The Labute approximate surface area is 311 Å². The highest BCUT2D eigenvalue weighted by Crippen LogP contribution is 2.36. The smallest absolute Gasteiger partial charge is 0.303 e. The predicted octanol–water partition coefficient (Wildman–Crippen LogP) is 9.08. The molecule has 9 nitrogen and oxygen atoms in total. The number of aromatic nitrogens is 3. The van der Waals surface area contributed by atoms with E-state index in [2.05, 4.69) is 28.8 Å². The topological polar surface area (TPSA) is 134 Å². The van der Waals surface area contributed by atoms with Crippen LogP contribution >= 0.6 is 0 Å². The summed E-state index contributed by atoms with van der Waals surface area (Å²) in [5.41, 5.74) is 11.2. The molecule has 0 saturated heterocycles. The second-order valence-electron chi connectivity index (χ2n) is 13.5. The fraction of sp³-hybridized carbons (Fsp3) is 0.364. The van der Waals surface area contributed by atoms with E-state index in [1.54, 1.807) is 24.3 Å². The monoisotopic (exact) mass is 717 g/mol. The van der Waals surface area contributed by atoms with Crippen LogP contribution in [0.3, 0.4) is 0 Å². The molecule has 0 radical (unpaired) electrons. The predicted molar refractivity (Wildman–Crippen MR) is 206 cm³/mol. The summed E-state index contributed by atoms with van der Waals surface area (Å²) in [4.78, 5) is 62.7. The van der Waals surface area contributed by atoms with Gasteiger partial charge in [0.1, 0.15) is 12.2 Å². The van der Waals surface area contributed by atoms with E-state index in [1.807, 2.05) is 64.1 Å². The molecular weight excluding hydrogens is 666 g/mol. The number of H-pyrrole nitrogens is 3. The summed E-state index contributed by atoms with van der Waals surface area (Å²) in [5.74, 6) is -1.02. The van der Waals surface area contributed by atoms with Crippen molar-refractivity contribution in [3.05, 3.63) is 139 Å². The molecule has 2 aromatic carbocycles. The molecule has 3 heterocycles. The number of ether oxygens (including phenoxy) is 2. The highest BCUT2D eigenvalue weighted by Gasteiger charge is 2.30. The van der Waals surface area contributed by atoms with Crippen molar-refractivity contribution >= 4 is 23.5 Å². The van der Waals surface area contributed by atoms with Crippen LogP contribution < -0.4 is 0 Å². The number of ketones is 2. The molecule has 5 rings (SSSR count). The van der Waals surface area contributed by atoms with Crippen LogP contribution in [0.25, 0.3) is 0 Å². The third kappa shape index (κ3) is 8.14. The third-order valence-electron chi connectivity index (χ3n) is 10.1. The van der Waals surface area contributed by atoms with Crippen LogP contribution in [0.15, 0.2) is 60.7 Å². The minimum atomic E-state index is -0.529. The van der Waals surface area contributed by atoms with Crippen LogP contribution in [0.5, 0.6) is 0 Å². The molecule has 0 amide bonds. The third-order valence-corrected chi connectivity index (χ3v) is 10.1. The Morgan fingerprint density at radius 1 is 0.547 bits per heavy atom. The number of hydrogen-bond donors (Lipinski definition) is 3. The molecule has 0 bridgehead atoms. The first-order chi connectivity index (χ1) is 25.4. The van der Waals surface area contributed by atoms with Crippen molar-refractivity contribution in [3.63, 3.8) is 0 Å². The Kier molecular flexibility index (Phi) is 12.4. The number of benzene rings is 2. The highest BCUT2D eigenvalue weighted by atomic mass is 16.5. The molecule has 0 fully saturated rings. The van der Waals surface area contributed by atoms with E-state index in [0.29, 0.717) is 48.2 Å². The molecule has 2 unspecified atom stereocenters. The summed E-state index contributed by atoms with van der Waals surface area (Å²) < 4.78 is 11.6. The Morgan fingerprint density at radius 3 is 1.21 bits per heavy atom. The van der Waals surface area contributed by atoms with E-state index in [9.17, 15) is 19.2 Å². The van der Waals surface area contributed by atoms with Gasteiger partial charge in [-0.2, -0.15) is 0 Å². The Morgan fingerprint density at radius 2 is 0.906 bits per heavy atom. The molecular formula is C44H51N3O6. The second-order valence-corrected chi connectivity index (χ2v) is 13.5. The molecule has 53 heavy (non-hydrogen) atoms. The minimum Gasteiger partial charge on any atom is -0.458 e. The van der Waals surface area contributed by atoms with Gasteiger partial charge in [-0.15, -0.1) is 0 Å². The van der Waals surface area contributed by atoms with Gasteiger partial charge >= 0.3 is 11.9 Å². The second kappa shape index (κ2) is 16.9. The molecule has 0 aliphatic heterocycles. The fourth-order valence-electron chi connectivity index (χ4n) is 7.72. The van der Waals surface area contributed by atoms with Gasteiger partial charge in [-0.1, -0.05) is 88.4 Å². The number of esters is 2. The van der Waals surface area contributed by atoms with Gasteiger partial charge in [-0.25, -0.2) is 0 Å². The largest absolute Gasteiger partial charge is 0.458 e. The van der Waals surface area contributed by atoms with Crippen molar-refractivity contribution in [2.75, 3.05) is 0 Å². The summed E-state index contributed by atoms with van der Waals surface area (Å²) >= 11 is 0. The molecule has 0 saturated carbocycles. The quantitative estimate of drug-likeness (QED) is 0.0689. The summed E-state index contributed by atoms with van der Waals surface area (Å²) in [5, 5.41) is 0. The van der Waals surface area contributed by atoms with Crippen molar-refractivity contribution in [1.82, 2.24) is 15.0 Å². The maximum Gasteiger partial charge on any atom is 0.303 e. The van der Waals surface area contributed by atoms with Gasteiger partial charge < -0.3 is 24.4 Å². The minimum absolute atomic E-state index is 0.126. The zero-order chi connectivity index (χ0) is 38.4. The number of rotatable bonds is 16. The average Bonchev–Trinajstić information content (AvgIpc) is 3.78. The average molecular weight is 718 g/mol. The van der Waals surface area contributed by atoms with Crippen molar-refractivity contribution in [2.24, 2.45) is 0 Å². The maximum absolute atomic E-state index is 13.8. The lowest BCUT2D eigenvalue weighted by Gasteiger charge is -2.18. The van der Waals surface area contributed by atoms with Crippen LogP contribution in [-0.4, -0.2) is 38.5 Å². The number of carbonyl (C=O) groups excluding carboxylic acids is 4. The lowest BCUT2D eigenvalue weighted by molar-refractivity contribution is -0.147. The first-order valence-electron chi connectivity index (χ1n) is 18.6. The van der Waals surface area contributed by atoms with E-state index < -0.39 is 12.2 Å². The molecule has 0 aliphatic carbocycles. The Bertz CT molecular complexity index is 1950. The van der Waals surface area contributed by atoms with Gasteiger partial charge in [0, 0.05) is 71.7 Å². The maximum atomic E-state index is 13.8. The molecule has 2 atom stereocenters. The number of carbonyl (C=O) groups is 4. The summed E-state index contributed by atoms with van der Waals surface area (Å²) in [6.45, 7) is 14.8. The number of nitrogens with one attached hydrogen (secondary N) is 3. The van der Waals surface area contributed by atoms with Gasteiger partial charge in [0.05, 0.1) is 11.4 Å². The van der Waals surface area contributed by atoms with Crippen LogP contribution in [0.2, 0.25) is 0 Å². The Hall–Kier alpha value is -5.44. The molecule has 5 aromatic rings. The van der Waals surface area contributed by atoms with Gasteiger partial charge in [0.25, 0.3) is 0 Å². The lowest BCUT2D eigenvalue weighted by atomic mass is 9.95. The summed E-state index contributed by atoms with van der Waals surface area (Å²) in [6.07, 6.45) is 2.46. The van der Waals surface area contributed by atoms with E-state index in [0.717, 1.165) is 57.9 Å². The van der Waals surface area contributed by atoms with Crippen LogP contribution in [0.1, 0.15) is 155 Å². The first kappa shape index (κ1) is 38.8. The van der Waals surface area contributed by atoms with Crippen molar-refractivity contribution < 1.29 is 28.7 Å². The van der Waals surface area contributed by atoms with Crippen LogP contribution in [0.4, 0.5) is 0 Å². The zero-order valence-electron chi connectivity index (χ0n) is 32.1. The Balaban J connectivity index is 1.62. The van der Waals surface area contributed by atoms with Crippen molar-refractivity contribution in [1.29, 1.82) is 0 Å². The van der Waals surface area contributed by atoms with Gasteiger partial charge in [-0.05, 0) is 61.8 Å². The van der Waals surface area contributed by atoms with Gasteiger partial charge in [0.2, 0.25) is 11.6 Å². The normalized spacial score (nSPS) is 12.4. The van der Waals surface area contributed by atoms with E-state index in [-0.39, 0.29) is 23.5 Å². The van der Waals surface area contributed by atoms with Gasteiger partial charge in [-0.3, -0.25) is 19.2 Å². The van der Waals surface area contributed by atoms with E-state index in [4.69, 9.17) is 9.47 Å². The van der Waals surface area contributed by atoms with Crippen LogP contribution in [-0.2, 0) is 44.7 Å².